The summed E-state index contributed by atoms with van der Waals surface area (Å²) >= 11 is 1.56. The summed E-state index contributed by atoms with van der Waals surface area (Å²) in [5, 5.41) is 19.1. The van der Waals surface area contributed by atoms with Crippen molar-refractivity contribution in [3.63, 3.8) is 0 Å². The van der Waals surface area contributed by atoms with E-state index in [9.17, 15) is 51.8 Å². The Balaban J connectivity index is 0.731. The third-order valence-corrected chi connectivity index (χ3v) is 18.1. The van der Waals surface area contributed by atoms with E-state index in [0.717, 1.165) is 47.4 Å². The van der Waals surface area contributed by atoms with Gasteiger partial charge < -0.3 is 45.6 Å². The quantitative estimate of drug-likeness (QED) is 0.0305. The number of H-pyrrole nitrogens is 1. The molecule has 24 heteroatoms. The van der Waals surface area contributed by atoms with Gasteiger partial charge >= 0.3 is 6.18 Å². The lowest BCUT2D eigenvalue weighted by atomic mass is 9.76. The number of amides is 5. The van der Waals surface area contributed by atoms with E-state index in [0.29, 0.717) is 82.3 Å². The maximum absolute atomic E-state index is 16.2. The van der Waals surface area contributed by atoms with E-state index in [1.165, 1.54) is 23.2 Å². The lowest BCUT2D eigenvalue weighted by molar-refractivity contribution is -0.146. The second-order valence-electron chi connectivity index (χ2n) is 24.6. The molecule has 3 fully saturated rings. The van der Waals surface area contributed by atoms with E-state index in [-0.39, 0.29) is 97.2 Å². The van der Waals surface area contributed by atoms with Crippen molar-refractivity contribution >= 4 is 63.8 Å². The molecule has 0 unspecified atom stereocenters. The molecular weight excluding hydrogens is 1160 g/mol. The third kappa shape index (κ3) is 17.0. The highest BCUT2D eigenvalue weighted by atomic mass is 32.1. The fraction of sp³-hybridized carbons (Fsp3) is 0.516. The number of hydrogen-bond donors (Lipinski definition) is 5. The number of rotatable bonds is 23. The first kappa shape index (κ1) is 66.4. The number of nitrogens with zero attached hydrogens (tertiary/aromatic N) is 7. The molecule has 0 spiro atoms. The summed E-state index contributed by atoms with van der Waals surface area (Å²) in [6.07, 6.45) is 0.716. The number of unbranched alkanes of at least 4 members (excludes halogenated alkanes) is 4. The molecule has 3 aromatic heterocycles. The predicted molar refractivity (Wildman–Crippen MR) is 330 cm³/mol. The van der Waals surface area contributed by atoms with Gasteiger partial charge in [-0.3, -0.25) is 38.5 Å². The number of likely N-dealkylation sites (N-methyl/N-ethyl adjacent to an activating group) is 1. The summed E-state index contributed by atoms with van der Waals surface area (Å²) in [5.74, 6) is -2.96. The van der Waals surface area contributed by atoms with Crippen LogP contribution in [-0.4, -0.2) is 154 Å². The van der Waals surface area contributed by atoms with Gasteiger partial charge in [-0.2, -0.15) is 13.2 Å². The second kappa shape index (κ2) is 29.2. The van der Waals surface area contributed by atoms with Crippen molar-refractivity contribution < 1.29 is 51.4 Å². The topological polar surface area (TPSA) is 234 Å². The van der Waals surface area contributed by atoms with Crippen LogP contribution < -0.4 is 31.3 Å². The molecule has 5 aromatic rings. The number of ketones is 1. The Hall–Kier alpha value is -7.57. The summed E-state index contributed by atoms with van der Waals surface area (Å²) in [6.45, 7) is 14.9. The van der Waals surface area contributed by atoms with Crippen LogP contribution in [0.5, 0.6) is 0 Å². The zero-order chi connectivity index (χ0) is 63.6. The average Bonchev–Trinajstić information content (AvgIpc) is 1.93. The van der Waals surface area contributed by atoms with Gasteiger partial charge in [-0.05, 0) is 81.5 Å². The minimum atomic E-state index is -5.00. The zero-order valence-corrected chi connectivity index (χ0v) is 51.9. The monoisotopic (exact) mass is 1240 g/mol. The van der Waals surface area contributed by atoms with E-state index in [2.05, 4.69) is 35.8 Å². The highest BCUT2D eigenvalue weighted by Crippen LogP contribution is 2.39. The molecule has 3 aliphatic heterocycles. The van der Waals surface area contributed by atoms with Crippen LogP contribution in [0.4, 0.5) is 34.8 Å². The molecule has 474 valence electrons. The van der Waals surface area contributed by atoms with Gasteiger partial charge in [0.2, 0.25) is 29.2 Å². The molecule has 3 aliphatic rings. The van der Waals surface area contributed by atoms with E-state index in [1.54, 1.807) is 33.9 Å². The number of benzene rings is 2. The van der Waals surface area contributed by atoms with Crippen molar-refractivity contribution in [2.75, 3.05) is 74.5 Å². The van der Waals surface area contributed by atoms with Crippen molar-refractivity contribution in [3.05, 3.63) is 111 Å². The SMILES string of the molecule is Cc1ncsc1-c1ccc(CNC(=O)[C@@H]2C[C@@H](O)CN2C(=O)[C@@H](CC(=O)CCCCCCCNC(=O)CCC(=O)N2CCN(c3ccc(-c4cc(NC(=O)c5c[nH]c(=O)cc5C(F)(F)F)c(N5C[C@@H](C)N(C)[C@@H](C)C5)cc4F)cn3)CC2)C(C)(C)C)cc1. The molecule has 88 heavy (non-hydrogen) atoms. The summed E-state index contributed by atoms with van der Waals surface area (Å²) in [7, 11) is 1.97. The standard InChI is InChI=1S/C64H81F4N11O8S/c1-39-35-78(36-40(2)75(39)7)53-31-51(65)47(29-52(53)74-60(85)48-34-71-57(83)30-49(48)64(66,67)68)44-18-19-55(70-33-44)76-23-25-77(26-24-76)58(84)21-20-56(82)69-22-12-10-8-9-11-13-45(80)27-50(63(4,5)6)62(87)79-37-46(81)28-54(79)61(86)72-32-42-14-16-43(17-15-42)59-41(3)73-38-88-59/h14-19,29-31,33-34,38-40,46,50,54,81H,8-13,20-28,32,35-37H2,1-7H3,(H,69,82)(H,71,83)(H,72,86)(H,74,85)/t39-,40+,46-,50-,54+/m1/s1. The number of aliphatic hydroxyl groups excluding tert-OH is 1. The molecule has 8 rings (SSSR count). The minimum Gasteiger partial charge on any atom is -0.391 e. The fourth-order valence-corrected chi connectivity index (χ4v) is 12.5. The molecule has 0 aliphatic carbocycles. The Morgan fingerprint density at radius 1 is 0.818 bits per heavy atom. The molecule has 2 aromatic carbocycles. The molecule has 5 atom stereocenters. The molecule has 6 heterocycles. The Kier molecular flexibility index (Phi) is 22.0. The number of hydrogen-bond acceptors (Lipinski definition) is 14. The highest BCUT2D eigenvalue weighted by Gasteiger charge is 2.45. The molecule has 19 nitrogen and oxygen atoms in total. The van der Waals surface area contributed by atoms with Gasteiger partial charge in [0.1, 0.15) is 23.5 Å². The number of Topliss-reactive ketones (excluding diaryl/α,β-unsaturated/α-hetero) is 1. The number of alkyl halides is 3. The number of β-amino-alcohol motifs (C(OH)–C–C–N with tert-alkyl or cyclic N) is 1. The Bertz CT molecular complexity index is 3330. The molecule has 0 radical (unpaired) electrons. The Morgan fingerprint density at radius 2 is 1.50 bits per heavy atom. The second-order valence-corrected chi connectivity index (χ2v) is 25.4. The van der Waals surface area contributed by atoms with Crippen LogP contribution in [0.2, 0.25) is 0 Å². The van der Waals surface area contributed by atoms with Crippen molar-refractivity contribution in [3.8, 4) is 21.6 Å². The number of pyridine rings is 2. The number of nitrogens with one attached hydrogen (secondary N) is 4. The summed E-state index contributed by atoms with van der Waals surface area (Å²) in [6, 6.07) is 13.4. The van der Waals surface area contributed by atoms with Gasteiger partial charge in [-0.15, -0.1) is 11.3 Å². The number of halogens is 4. The number of thiazole rings is 1. The van der Waals surface area contributed by atoms with Crippen LogP contribution in [-0.2, 0) is 36.7 Å². The lowest BCUT2D eigenvalue weighted by Crippen LogP contribution is -2.55. The van der Waals surface area contributed by atoms with Gasteiger partial charge in [-0.1, -0.05) is 64.3 Å². The molecule has 5 amide bonds. The summed E-state index contributed by atoms with van der Waals surface area (Å²) in [5.41, 5.74) is 1.62. The largest absolute Gasteiger partial charge is 0.417 e. The van der Waals surface area contributed by atoms with Gasteiger partial charge in [0, 0.05) is 139 Å². The van der Waals surface area contributed by atoms with Crippen molar-refractivity contribution in [1.29, 1.82) is 0 Å². The van der Waals surface area contributed by atoms with Crippen LogP contribution in [0.1, 0.15) is 126 Å². The smallest absolute Gasteiger partial charge is 0.391 e. The van der Waals surface area contributed by atoms with Crippen LogP contribution in [0.15, 0.2) is 77.3 Å². The van der Waals surface area contributed by atoms with Crippen LogP contribution >= 0.6 is 11.3 Å². The average molecular weight is 1240 g/mol. The van der Waals surface area contributed by atoms with E-state index in [4.69, 9.17) is 0 Å². The molecule has 3 saturated heterocycles. The fourth-order valence-electron chi connectivity index (χ4n) is 11.7. The zero-order valence-electron chi connectivity index (χ0n) is 51.1. The summed E-state index contributed by atoms with van der Waals surface area (Å²) in [4.78, 5) is 114. The van der Waals surface area contributed by atoms with Crippen molar-refractivity contribution in [1.82, 2.24) is 40.3 Å². The van der Waals surface area contributed by atoms with Crippen LogP contribution in [0, 0.1) is 24.1 Å². The van der Waals surface area contributed by atoms with Gasteiger partial charge in [0.15, 0.2) is 0 Å². The number of likely N-dealkylation sites (tertiary alicyclic amines) is 1. The molecular formula is C64H81F4N11O8S. The van der Waals surface area contributed by atoms with Crippen LogP contribution in [0.3, 0.4) is 0 Å². The third-order valence-electron chi connectivity index (χ3n) is 17.1. The Morgan fingerprint density at radius 3 is 2.15 bits per heavy atom. The maximum Gasteiger partial charge on any atom is 0.417 e. The van der Waals surface area contributed by atoms with Crippen molar-refractivity contribution in [2.24, 2.45) is 11.3 Å². The van der Waals surface area contributed by atoms with E-state index in [1.807, 2.05) is 82.7 Å². The number of carbonyl (C=O) groups excluding carboxylic acids is 6. The molecule has 5 N–H and O–H groups in total. The molecule has 0 bridgehead atoms. The number of aromatic nitrogens is 3. The first-order valence-electron chi connectivity index (χ1n) is 30.2. The van der Waals surface area contributed by atoms with Gasteiger partial charge in [-0.25, -0.2) is 14.4 Å². The van der Waals surface area contributed by atoms with Gasteiger partial charge in [0.05, 0.1) is 44.7 Å². The first-order valence-corrected chi connectivity index (χ1v) is 31.1. The number of aromatic amines is 1. The van der Waals surface area contributed by atoms with E-state index >= 15 is 4.39 Å². The first-order chi connectivity index (χ1) is 41.7. The predicted octanol–water partition coefficient (Wildman–Crippen LogP) is 8.59. The minimum absolute atomic E-state index is 0.0200. The normalized spacial score (nSPS) is 18.7. The maximum atomic E-state index is 16.2. The summed E-state index contributed by atoms with van der Waals surface area (Å²) < 4.78 is 58.2. The number of aliphatic hydroxyl groups is 1. The number of piperazine rings is 2. The Labute approximate surface area is 514 Å². The number of anilines is 3. The lowest BCUT2D eigenvalue weighted by Gasteiger charge is -2.44. The van der Waals surface area contributed by atoms with Crippen LogP contribution in [0.25, 0.3) is 21.6 Å². The van der Waals surface area contributed by atoms with Crippen molar-refractivity contribution in [2.45, 2.75) is 143 Å². The van der Waals surface area contributed by atoms with E-state index < -0.39 is 58.1 Å². The number of aryl methyl sites for hydroxylation is 1. The van der Waals surface area contributed by atoms with Gasteiger partial charge in [0.25, 0.3) is 5.91 Å². The number of carbonyl (C=O) groups is 6. The highest BCUT2D eigenvalue weighted by molar-refractivity contribution is 7.13. The molecule has 0 saturated carbocycles.